The monoisotopic (exact) mass is 704 g/mol. The zero-order valence-electron chi connectivity index (χ0n) is 29.4. The summed E-state index contributed by atoms with van der Waals surface area (Å²) in [7, 11) is 0. The van der Waals surface area contributed by atoms with Crippen molar-refractivity contribution < 1.29 is 33.4 Å². The summed E-state index contributed by atoms with van der Waals surface area (Å²) < 4.78 is 16.8. The number of benzene rings is 3. The quantitative estimate of drug-likeness (QED) is 0.258. The van der Waals surface area contributed by atoms with E-state index >= 15 is 0 Å². The second-order valence-corrected chi connectivity index (χ2v) is 14.9. The molecule has 50 heavy (non-hydrogen) atoms. The van der Waals surface area contributed by atoms with E-state index in [9.17, 15) is 19.2 Å². The number of piperazine rings is 1. The zero-order valence-corrected chi connectivity index (χ0v) is 30.1. The number of halogens is 1. The van der Waals surface area contributed by atoms with Gasteiger partial charge in [-0.2, -0.15) is 0 Å². The SMILES string of the molecule is CC(C)(C)OC(=O)NCc1ccc(Cl)cc1CNC(=O)[C@@H]1CN(C(=O)OC(C)(C)C)CCN1C(=O)OCC1c2ccccc2-c2ccccc21. The van der Waals surface area contributed by atoms with Crippen LogP contribution in [0, 0.1) is 0 Å². The highest BCUT2D eigenvalue weighted by Gasteiger charge is 2.40. The number of carbonyl (C=O) groups is 4. The number of alkyl carbamates (subject to hydrolysis) is 1. The molecule has 2 N–H and O–H groups in total. The van der Waals surface area contributed by atoms with Gasteiger partial charge in [-0.25, -0.2) is 14.4 Å². The van der Waals surface area contributed by atoms with Crippen molar-refractivity contribution in [3.8, 4) is 11.1 Å². The van der Waals surface area contributed by atoms with E-state index in [1.54, 1.807) is 59.7 Å². The third-order valence-electron chi connectivity index (χ3n) is 8.35. The van der Waals surface area contributed by atoms with E-state index < -0.39 is 41.4 Å². The van der Waals surface area contributed by atoms with Crippen molar-refractivity contribution in [2.45, 2.75) is 77.8 Å². The highest BCUT2D eigenvalue weighted by molar-refractivity contribution is 6.30. The Bertz CT molecular complexity index is 1700. The number of amides is 4. The van der Waals surface area contributed by atoms with E-state index in [0.29, 0.717) is 16.1 Å². The molecule has 266 valence electrons. The van der Waals surface area contributed by atoms with Crippen LogP contribution in [0.25, 0.3) is 11.1 Å². The molecule has 0 radical (unpaired) electrons. The van der Waals surface area contributed by atoms with Crippen LogP contribution in [0.3, 0.4) is 0 Å². The summed E-state index contributed by atoms with van der Waals surface area (Å²) in [6.45, 7) is 11.0. The molecule has 0 saturated carbocycles. The first-order chi connectivity index (χ1) is 23.6. The van der Waals surface area contributed by atoms with Crippen LogP contribution in [0.4, 0.5) is 14.4 Å². The maximum atomic E-state index is 13.9. The molecule has 5 rings (SSSR count). The van der Waals surface area contributed by atoms with Gasteiger partial charge in [0.1, 0.15) is 23.9 Å². The second-order valence-electron chi connectivity index (χ2n) is 14.4. The lowest BCUT2D eigenvalue weighted by Gasteiger charge is -2.40. The summed E-state index contributed by atoms with van der Waals surface area (Å²) in [4.78, 5) is 55.8. The standard InChI is InChI=1S/C38H45ClN4O7/c1-37(2,3)49-34(45)41-20-24-15-16-26(39)19-25(24)21-40-33(44)32-22-42(35(46)50-38(4,5)6)17-18-43(32)36(47)48-23-31-29-13-9-7-11-27(29)28-12-8-10-14-30(28)31/h7-16,19,31-32H,17-18,20-23H2,1-6H3,(H,40,44)(H,41,45)/t32-/m0/s1. The summed E-state index contributed by atoms with van der Waals surface area (Å²) >= 11 is 6.30. The molecule has 2 aliphatic rings. The largest absolute Gasteiger partial charge is 0.448 e. The predicted octanol–water partition coefficient (Wildman–Crippen LogP) is 6.85. The van der Waals surface area contributed by atoms with Crippen molar-refractivity contribution in [3.05, 3.63) is 94.0 Å². The smallest absolute Gasteiger partial charge is 0.410 e. The van der Waals surface area contributed by atoms with E-state index in [2.05, 4.69) is 22.8 Å². The van der Waals surface area contributed by atoms with Crippen LogP contribution in [-0.2, 0) is 32.1 Å². The molecule has 3 aromatic rings. The van der Waals surface area contributed by atoms with Crippen molar-refractivity contribution in [1.82, 2.24) is 20.4 Å². The normalized spacial score (nSPS) is 15.9. The second kappa shape index (κ2) is 15.0. The Morgan fingerprint density at radius 3 is 1.98 bits per heavy atom. The molecule has 0 spiro atoms. The maximum absolute atomic E-state index is 13.9. The molecule has 1 fully saturated rings. The van der Waals surface area contributed by atoms with Crippen LogP contribution in [0.15, 0.2) is 66.7 Å². The van der Waals surface area contributed by atoms with Gasteiger partial charge in [0.25, 0.3) is 0 Å². The van der Waals surface area contributed by atoms with Crippen LogP contribution in [-0.4, -0.2) is 77.5 Å². The number of fused-ring (bicyclic) bond motifs is 3. The predicted molar refractivity (Wildman–Crippen MR) is 190 cm³/mol. The molecule has 4 amide bonds. The molecule has 0 unspecified atom stereocenters. The van der Waals surface area contributed by atoms with Gasteiger partial charge in [0.2, 0.25) is 5.91 Å². The van der Waals surface area contributed by atoms with Gasteiger partial charge in [-0.05, 0) is 87.1 Å². The average Bonchev–Trinajstić information content (AvgIpc) is 3.37. The number of nitrogens with one attached hydrogen (secondary N) is 2. The third kappa shape index (κ3) is 9.06. The summed E-state index contributed by atoms with van der Waals surface area (Å²) in [6.07, 6.45) is -1.81. The van der Waals surface area contributed by atoms with E-state index in [1.165, 1.54) is 9.80 Å². The number of nitrogens with zero attached hydrogens (tertiary/aromatic N) is 2. The van der Waals surface area contributed by atoms with Gasteiger partial charge < -0.3 is 29.7 Å². The van der Waals surface area contributed by atoms with Crippen molar-refractivity contribution in [2.75, 3.05) is 26.2 Å². The minimum atomic E-state index is -1.06. The third-order valence-corrected chi connectivity index (χ3v) is 8.58. The first-order valence-electron chi connectivity index (χ1n) is 16.7. The fourth-order valence-electron chi connectivity index (χ4n) is 6.11. The summed E-state index contributed by atoms with van der Waals surface area (Å²) in [5, 5.41) is 6.09. The molecule has 1 aliphatic heterocycles. The Balaban J connectivity index is 1.30. The van der Waals surface area contributed by atoms with Crippen LogP contribution in [0.5, 0.6) is 0 Å². The topological polar surface area (TPSA) is 127 Å². The fraction of sp³-hybridized carbons (Fsp3) is 0.421. The number of hydrogen-bond acceptors (Lipinski definition) is 7. The van der Waals surface area contributed by atoms with Crippen molar-refractivity contribution in [1.29, 1.82) is 0 Å². The maximum Gasteiger partial charge on any atom is 0.410 e. The van der Waals surface area contributed by atoms with Gasteiger partial charge in [0.05, 0.1) is 6.54 Å². The van der Waals surface area contributed by atoms with Gasteiger partial charge in [-0.3, -0.25) is 9.69 Å². The first-order valence-corrected chi connectivity index (χ1v) is 17.1. The number of carbonyl (C=O) groups excluding carboxylic acids is 4. The lowest BCUT2D eigenvalue weighted by atomic mass is 9.98. The summed E-state index contributed by atoms with van der Waals surface area (Å²) in [6, 6.07) is 20.2. The van der Waals surface area contributed by atoms with Crippen LogP contribution >= 0.6 is 11.6 Å². The molecule has 0 aromatic heterocycles. The minimum absolute atomic E-state index is 0.0478. The Hall–Kier alpha value is -4.77. The van der Waals surface area contributed by atoms with Gasteiger partial charge in [0.15, 0.2) is 0 Å². The molecule has 1 saturated heterocycles. The minimum Gasteiger partial charge on any atom is -0.448 e. The molecule has 1 aliphatic carbocycles. The zero-order chi connectivity index (χ0) is 36.2. The van der Waals surface area contributed by atoms with Crippen molar-refractivity contribution >= 4 is 35.8 Å². The van der Waals surface area contributed by atoms with Crippen LogP contribution in [0.1, 0.15) is 69.7 Å². The molecular formula is C38H45ClN4O7. The lowest BCUT2D eigenvalue weighted by molar-refractivity contribution is -0.128. The Kier molecular flexibility index (Phi) is 11.0. The lowest BCUT2D eigenvalue weighted by Crippen LogP contribution is -2.62. The van der Waals surface area contributed by atoms with E-state index in [0.717, 1.165) is 22.3 Å². The van der Waals surface area contributed by atoms with E-state index in [1.807, 2.05) is 36.4 Å². The summed E-state index contributed by atoms with van der Waals surface area (Å²) in [5.74, 6) is -0.644. The average molecular weight is 705 g/mol. The number of ether oxygens (including phenoxy) is 3. The number of hydrogen-bond donors (Lipinski definition) is 2. The number of rotatable bonds is 7. The fourth-order valence-corrected chi connectivity index (χ4v) is 6.30. The van der Waals surface area contributed by atoms with Crippen molar-refractivity contribution in [2.24, 2.45) is 0 Å². The molecular weight excluding hydrogens is 660 g/mol. The molecule has 1 heterocycles. The van der Waals surface area contributed by atoms with Crippen LogP contribution in [0.2, 0.25) is 5.02 Å². The van der Waals surface area contributed by atoms with Gasteiger partial charge >= 0.3 is 18.3 Å². The van der Waals surface area contributed by atoms with Crippen molar-refractivity contribution in [3.63, 3.8) is 0 Å². The highest BCUT2D eigenvalue weighted by Crippen LogP contribution is 2.44. The molecule has 11 nitrogen and oxygen atoms in total. The van der Waals surface area contributed by atoms with Crippen LogP contribution < -0.4 is 10.6 Å². The molecule has 3 aromatic carbocycles. The Morgan fingerprint density at radius 1 is 0.760 bits per heavy atom. The van der Waals surface area contributed by atoms with Gasteiger partial charge in [-0.15, -0.1) is 0 Å². The van der Waals surface area contributed by atoms with E-state index in [-0.39, 0.29) is 45.2 Å². The molecule has 0 bridgehead atoms. The van der Waals surface area contributed by atoms with E-state index in [4.69, 9.17) is 25.8 Å². The highest BCUT2D eigenvalue weighted by atomic mass is 35.5. The Morgan fingerprint density at radius 2 is 1.36 bits per heavy atom. The molecule has 1 atom stereocenters. The molecule has 12 heteroatoms. The first kappa shape index (κ1) is 36.5. The Labute approximate surface area is 298 Å². The van der Waals surface area contributed by atoms with Gasteiger partial charge in [0, 0.05) is 37.1 Å². The summed E-state index contributed by atoms with van der Waals surface area (Å²) in [5.41, 5.74) is 4.33. The van der Waals surface area contributed by atoms with Gasteiger partial charge in [-0.1, -0.05) is 66.2 Å².